The van der Waals surface area contributed by atoms with E-state index >= 15 is 0 Å². The predicted octanol–water partition coefficient (Wildman–Crippen LogP) is 4.37. The van der Waals surface area contributed by atoms with Crippen LogP contribution < -0.4 is 11.1 Å². The molecule has 4 rings (SSSR count). The molecule has 0 aromatic carbocycles. The van der Waals surface area contributed by atoms with Crippen molar-refractivity contribution in [2.24, 2.45) is 0 Å². The Balaban J connectivity index is 1.64. The Morgan fingerprint density at radius 2 is 2.15 bits per heavy atom. The van der Waals surface area contributed by atoms with Gasteiger partial charge >= 0.3 is 0 Å². The van der Waals surface area contributed by atoms with E-state index in [0.717, 1.165) is 15.9 Å². The van der Waals surface area contributed by atoms with Crippen LogP contribution in [0.2, 0.25) is 5.02 Å². The molecule has 3 aromatic heterocycles. The number of hydrogen-bond donors (Lipinski definition) is 3. The van der Waals surface area contributed by atoms with Crippen molar-refractivity contribution in [3.05, 3.63) is 51.0 Å². The normalized spacial score (nSPS) is 15.0. The molecule has 0 aliphatic heterocycles. The van der Waals surface area contributed by atoms with Crippen LogP contribution >= 0.6 is 27.5 Å². The molecular weight excluding hydrogens is 418 g/mol. The zero-order valence-corrected chi connectivity index (χ0v) is 16.3. The summed E-state index contributed by atoms with van der Waals surface area (Å²) in [5.74, 6) is 1.69. The van der Waals surface area contributed by atoms with Crippen LogP contribution in [-0.2, 0) is 0 Å². The maximum atomic E-state index is 6.57. The van der Waals surface area contributed by atoms with E-state index in [0.29, 0.717) is 28.3 Å². The topological polar surface area (TPSA) is 105 Å². The summed E-state index contributed by atoms with van der Waals surface area (Å²) >= 11 is 9.96. The first kappa shape index (κ1) is 17.2. The van der Waals surface area contributed by atoms with Crippen LogP contribution in [-0.4, -0.2) is 25.1 Å². The molecule has 9 heteroatoms. The first-order chi connectivity index (χ1) is 12.5. The zero-order chi connectivity index (χ0) is 18.3. The van der Waals surface area contributed by atoms with Gasteiger partial charge in [0.05, 0.1) is 5.69 Å². The SMILES string of the molecule is CC(c1ccc(Br)cn1)c1nc(N)nc(Nc2cc(C3CC3)[nH]n2)c1Cl. The van der Waals surface area contributed by atoms with Gasteiger partial charge < -0.3 is 11.1 Å². The van der Waals surface area contributed by atoms with Gasteiger partial charge in [-0.05, 0) is 40.9 Å². The third-order valence-electron chi connectivity index (χ3n) is 4.36. The van der Waals surface area contributed by atoms with Crippen LogP contribution in [0.4, 0.5) is 17.6 Å². The standard InChI is InChI=1S/C17H17BrClN7/c1-8(11-5-4-10(18)7-21-11)15-14(19)16(24-17(20)23-15)22-13-6-12(25-26-13)9-2-3-9/h4-9H,2-3H2,1H3,(H4,20,22,23,24,25,26). The van der Waals surface area contributed by atoms with Crippen molar-refractivity contribution >= 4 is 45.1 Å². The second kappa shape index (κ2) is 6.85. The highest BCUT2D eigenvalue weighted by Crippen LogP contribution is 2.40. The predicted molar refractivity (Wildman–Crippen MR) is 105 cm³/mol. The van der Waals surface area contributed by atoms with E-state index in [1.54, 1.807) is 6.20 Å². The fourth-order valence-electron chi connectivity index (χ4n) is 2.76. The molecule has 0 radical (unpaired) electrons. The minimum absolute atomic E-state index is 0.136. The molecule has 1 unspecified atom stereocenters. The van der Waals surface area contributed by atoms with E-state index in [1.807, 2.05) is 25.1 Å². The van der Waals surface area contributed by atoms with Gasteiger partial charge in [0.2, 0.25) is 5.95 Å². The van der Waals surface area contributed by atoms with Gasteiger partial charge in [-0.3, -0.25) is 10.1 Å². The van der Waals surface area contributed by atoms with Crippen LogP contribution in [0.1, 0.15) is 48.7 Å². The van der Waals surface area contributed by atoms with Crippen molar-refractivity contribution < 1.29 is 0 Å². The largest absolute Gasteiger partial charge is 0.368 e. The zero-order valence-electron chi connectivity index (χ0n) is 14.0. The van der Waals surface area contributed by atoms with Crippen molar-refractivity contribution in [3.63, 3.8) is 0 Å². The van der Waals surface area contributed by atoms with Crippen LogP contribution in [0.15, 0.2) is 28.9 Å². The average molecular weight is 435 g/mol. The first-order valence-corrected chi connectivity index (χ1v) is 9.45. The number of nitrogens with one attached hydrogen (secondary N) is 2. The summed E-state index contributed by atoms with van der Waals surface area (Å²) in [7, 11) is 0. The number of nitrogens with zero attached hydrogens (tertiary/aromatic N) is 4. The number of nitrogen functional groups attached to an aromatic ring is 1. The number of hydrogen-bond acceptors (Lipinski definition) is 6. The molecule has 26 heavy (non-hydrogen) atoms. The quantitative estimate of drug-likeness (QED) is 0.551. The number of H-pyrrole nitrogens is 1. The Bertz CT molecular complexity index is 937. The number of aromatic nitrogens is 5. The molecule has 4 N–H and O–H groups in total. The van der Waals surface area contributed by atoms with Gasteiger partial charge in [-0.15, -0.1) is 0 Å². The number of halogens is 2. The molecule has 1 fully saturated rings. The molecule has 0 spiro atoms. The van der Waals surface area contributed by atoms with Gasteiger partial charge in [-0.25, -0.2) is 4.98 Å². The first-order valence-electron chi connectivity index (χ1n) is 8.28. The fraction of sp³-hybridized carbons (Fsp3) is 0.294. The van der Waals surface area contributed by atoms with Crippen molar-refractivity contribution in [2.45, 2.75) is 31.6 Å². The van der Waals surface area contributed by atoms with E-state index in [-0.39, 0.29) is 11.9 Å². The lowest BCUT2D eigenvalue weighted by atomic mass is 10.0. The van der Waals surface area contributed by atoms with Crippen LogP contribution in [0, 0.1) is 0 Å². The molecule has 3 aromatic rings. The Kier molecular flexibility index (Phi) is 4.54. The second-order valence-corrected chi connectivity index (χ2v) is 7.65. The Morgan fingerprint density at radius 1 is 1.35 bits per heavy atom. The molecule has 1 saturated carbocycles. The Labute approximate surface area is 163 Å². The van der Waals surface area contributed by atoms with Crippen molar-refractivity contribution in [2.75, 3.05) is 11.1 Å². The van der Waals surface area contributed by atoms with Gasteiger partial charge in [-0.1, -0.05) is 18.5 Å². The summed E-state index contributed by atoms with van der Waals surface area (Å²) < 4.78 is 0.911. The number of anilines is 3. The molecule has 1 atom stereocenters. The maximum absolute atomic E-state index is 6.57. The van der Waals surface area contributed by atoms with Gasteiger partial charge in [0, 0.05) is 40.0 Å². The van der Waals surface area contributed by atoms with Gasteiger partial charge in [0.25, 0.3) is 0 Å². The van der Waals surface area contributed by atoms with Gasteiger partial charge in [0.1, 0.15) is 5.02 Å². The fourth-order valence-corrected chi connectivity index (χ4v) is 3.29. The third-order valence-corrected chi connectivity index (χ3v) is 5.20. The number of rotatable bonds is 5. The molecular formula is C17H17BrClN7. The smallest absolute Gasteiger partial charge is 0.222 e. The minimum atomic E-state index is -0.136. The summed E-state index contributed by atoms with van der Waals surface area (Å²) in [5.41, 5.74) is 8.49. The Hall–Kier alpha value is -2.19. The van der Waals surface area contributed by atoms with Crippen LogP contribution in [0.3, 0.4) is 0 Å². The number of aromatic amines is 1. The van der Waals surface area contributed by atoms with Crippen LogP contribution in [0.25, 0.3) is 0 Å². The lowest BCUT2D eigenvalue weighted by molar-refractivity contribution is 0.828. The van der Waals surface area contributed by atoms with Crippen LogP contribution in [0.5, 0.6) is 0 Å². The molecule has 0 saturated heterocycles. The summed E-state index contributed by atoms with van der Waals surface area (Å²) in [4.78, 5) is 13.0. The molecule has 7 nitrogen and oxygen atoms in total. The van der Waals surface area contributed by atoms with Crippen molar-refractivity contribution in [1.29, 1.82) is 0 Å². The highest BCUT2D eigenvalue weighted by molar-refractivity contribution is 9.10. The number of nitrogens with two attached hydrogens (primary N) is 1. The highest BCUT2D eigenvalue weighted by Gasteiger charge is 2.26. The summed E-state index contributed by atoms with van der Waals surface area (Å²) in [6.45, 7) is 1.98. The Morgan fingerprint density at radius 3 is 2.85 bits per heavy atom. The highest BCUT2D eigenvalue weighted by atomic mass is 79.9. The van der Waals surface area contributed by atoms with Crippen molar-refractivity contribution in [3.8, 4) is 0 Å². The second-order valence-electron chi connectivity index (χ2n) is 6.36. The average Bonchev–Trinajstić information content (AvgIpc) is 3.37. The summed E-state index contributed by atoms with van der Waals surface area (Å²) in [6, 6.07) is 5.83. The van der Waals surface area contributed by atoms with E-state index < -0.39 is 0 Å². The van der Waals surface area contributed by atoms with E-state index in [1.165, 1.54) is 12.8 Å². The lowest BCUT2D eigenvalue weighted by Gasteiger charge is -2.15. The maximum Gasteiger partial charge on any atom is 0.222 e. The molecule has 3 heterocycles. The van der Waals surface area contributed by atoms with Gasteiger partial charge in [-0.2, -0.15) is 10.1 Å². The monoisotopic (exact) mass is 433 g/mol. The summed E-state index contributed by atoms with van der Waals surface area (Å²) in [6.07, 6.45) is 4.14. The third kappa shape index (κ3) is 3.52. The number of pyridine rings is 1. The summed E-state index contributed by atoms with van der Waals surface area (Å²) in [5, 5.41) is 10.9. The minimum Gasteiger partial charge on any atom is -0.368 e. The van der Waals surface area contributed by atoms with Gasteiger partial charge in [0.15, 0.2) is 11.6 Å². The molecule has 1 aliphatic rings. The van der Waals surface area contributed by atoms with E-state index in [2.05, 4.69) is 46.4 Å². The molecule has 1 aliphatic carbocycles. The molecule has 0 amide bonds. The lowest BCUT2D eigenvalue weighted by Crippen LogP contribution is -2.09. The van der Waals surface area contributed by atoms with Crippen molar-refractivity contribution in [1.82, 2.24) is 25.1 Å². The van der Waals surface area contributed by atoms with E-state index in [4.69, 9.17) is 17.3 Å². The van der Waals surface area contributed by atoms with E-state index in [9.17, 15) is 0 Å². The molecule has 134 valence electrons. The molecule has 0 bridgehead atoms.